The van der Waals surface area contributed by atoms with Crippen LogP contribution in [0, 0.1) is 0 Å². The van der Waals surface area contributed by atoms with E-state index in [1.807, 2.05) is 0 Å². The Hall–Kier alpha value is -0.580. The lowest BCUT2D eigenvalue weighted by Gasteiger charge is -2.00. The second-order valence-corrected chi connectivity index (χ2v) is 2.91. The van der Waals surface area contributed by atoms with E-state index < -0.39 is 16.7 Å². The van der Waals surface area contributed by atoms with Crippen molar-refractivity contribution in [3.63, 3.8) is 0 Å². The molecule has 0 aromatic carbocycles. The lowest BCUT2D eigenvalue weighted by Crippen LogP contribution is -2.23. The molecule has 0 fully saturated rings. The highest BCUT2D eigenvalue weighted by Crippen LogP contribution is 2.06. The molecule has 0 saturated carbocycles. The predicted octanol–water partition coefficient (Wildman–Crippen LogP) is 0.1000. The number of hydrogen-bond donors (Lipinski definition) is 2. The zero-order valence-electron chi connectivity index (χ0n) is 5.21. The van der Waals surface area contributed by atoms with Gasteiger partial charge in [0.1, 0.15) is 0 Å². The van der Waals surface area contributed by atoms with Crippen molar-refractivity contribution in [2.75, 3.05) is 0 Å². The topological polar surface area (TPSA) is 80.4 Å². The van der Waals surface area contributed by atoms with Gasteiger partial charge in [-0.15, -0.1) is 0 Å². The number of carboxylic acid groups (broad SMARTS) is 1. The number of nitrogens with two attached hydrogens (primary N) is 1. The lowest BCUT2D eigenvalue weighted by molar-refractivity contribution is -0.137. The maximum Gasteiger partial charge on any atom is 0.303 e. The molecular weight excluding hydrogens is 202 g/mol. The molecule has 58 valence electrons. The number of halogens is 1. The summed E-state index contributed by atoms with van der Waals surface area (Å²) in [5.74, 6) is -1.45. The van der Waals surface area contributed by atoms with E-state index in [1.165, 1.54) is 0 Å². The van der Waals surface area contributed by atoms with E-state index in [-0.39, 0.29) is 12.8 Å². The molecule has 0 aromatic rings. The van der Waals surface area contributed by atoms with Crippen LogP contribution in [0.25, 0.3) is 0 Å². The molecular formula is C5H8BrNO3. The van der Waals surface area contributed by atoms with Crippen molar-refractivity contribution in [2.45, 2.75) is 17.7 Å². The van der Waals surface area contributed by atoms with Crippen LogP contribution < -0.4 is 5.73 Å². The zero-order valence-corrected chi connectivity index (χ0v) is 6.80. The molecule has 0 saturated heterocycles. The van der Waals surface area contributed by atoms with Crippen LogP contribution in [0.1, 0.15) is 12.8 Å². The van der Waals surface area contributed by atoms with Gasteiger partial charge in [0, 0.05) is 6.42 Å². The Morgan fingerprint density at radius 2 is 2.10 bits per heavy atom. The molecule has 0 bridgehead atoms. The Morgan fingerprint density at radius 1 is 1.60 bits per heavy atom. The molecule has 4 nitrogen and oxygen atoms in total. The normalized spacial score (nSPS) is 12.5. The molecule has 0 radical (unpaired) electrons. The summed E-state index contributed by atoms with van der Waals surface area (Å²) in [7, 11) is 0. The van der Waals surface area contributed by atoms with E-state index in [9.17, 15) is 9.59 Å². The molecule has 0 aromatic heterocycles. The van der Waals surface area contributed by atoms with Gasteiger partial charge in [-0.05, 0) is 6.42 Å². The zero-order chi connectivity index (χ0) is 8.15. The molecule has 1 amide bonds. The van der Waals surface area contributed by atoms with Crippen molar-refractivity contribution in [3.05, 3.63) is 0 Å². The summed E-state index contributed by atoms with van der Waals surface area (Å²) < 4.78 is 0. The Labute approximate surface area is 66.5 Å². The summed E-state index contributed by atoms with van der Waals surface area (Å²) in [6.07, 6.45) is 0.198. The summed E-state index contributed by atoms with van der Waals surface area (Å²) in [4.78, 5) is 19.7. The second-order valence-electron chi connectivity index (χ2n) is 1.80. The van der Waals surface area contributed by atoms with E-state index >= 15 is 0 Å². The van der Waals surface area contributed by atoms with Crippen LogP contribution in [-0.4, -0.2) is 21.8 Å². The fraction of sp³-hybridized carbons (Fsp3) is 0.600. The summed E-state index contributed by atoms with van der Waals surface area (Å²) in [6.45, 7) is 0. The maximum atomic E-state index is 10.3. The molecule has 0 aliphatic heterocycles. The third-order valence-electron chi connectivity index (χ3n) is 0.920. The number of carboxylic acids is 1. The van der Waals surface area contributed by atoms with Gasteiger partial charge in [0.15, 0.2) is 0 Å². The highest BCUT2D eigenvalue weighted by Gasteiger charge is 2.11. The van der Waals surface area contributed by atoms with Gasteiger partial charge in [-0.2, -0.15) is 0 Å². The number of carbonyl (C=O) groups excluding carboxylic acids is 1. The Morgan fingerprint density at radius 3 is 2.40 bits per heavy atom. The van der Waals surface area contributed by atoms with Gasteiger partial charge in [0.05, 0.1) is 4.83 Å². The fourth-order valence-corrected chi connectivity index (χ4v) is 0.621. The number of rotatable bonds is 4. The Balaban J connectivity index is 3.49. The Kier molecular flexibility index (Phi) is 4.02. The van der Waals surface area contributed by atoms with E-state index in [2.05, 4.69) is 15.9 Å². The number of alkyl halides is 1. The highest BCUT2D eigenvalue weighted by atomic mass is 79.9. The van der Waals surface area contributed by atoms with Gasteiger partial charge in [-0.3, -0.25) is 9.59 Å². The first kappa shape index (κ1) is 9.42. The third-order valence-corrected chi connectivity index (χ3v) is 1.83. The van der Waals surface area contributed by atoms with Crippen molar-refractivity contribution in [1.29, 1.82) is 0 Å². The average Bonchev–Trinajstić information content (AvgIpc) is 1.82. The first-order valence-electron chi connectivity index (χ1n) is 2.69. The van der Waals surface area contributed by atoms with Gasteiger partial charge < -0.3 is 10.8 Å². The molecule has 3 N–H and O–H groups in total. The molecule has 0 rings (SSSR count). The maximum absolute atomic E-state index is 10.3. The van der Waals surface area contributed by atoms with Crippen molar-refractivity contribution >= 4 is 27.8 Å². The smallest absolute Gasteiger partial charge is 0.303 e. The fourth-order valence-electron chi connectivity index (χ4n) is 0.392. The molecule has 0 aliphatic rings. The number of aliphatic carboxylic acids is 1. The van der Waals surface area contributed by atoms with E-state index in [0.717, 1.165) is 0 Å². The van der Waals surface area contributed by atoms with Crippen LogP contribution in [0.2, 0.25) is 0 Å². The number of carbonyl (C=O) groups is 2. The van der Waals surface area contributed by atoms with Crippen molar-refractivity contribution < 1.29 is 14.7 Å². The molecule has 1 unspecified atom stereocenters. The third kappa shape index (κ3) is 4.31. The van der Waals surface area contributed by atoms with Crippen LogP contribution in [0.5, 0.6) is 0 Å². The average molecular weight is 210 g/mol. The monoisotopic (exact) mass is 209 g/mol. The van der Waals surface area contributed by atoms with Crippen LogP contribution in [0.4, 0.5) is 0 Å². The first-order chi connectivity index (χ1) is 4.54. The van der Waals surface area contributed by atoms with E-state index in [1.54, 1.807) is 0 Å². The minimum atomic E-state index is -0.925. The summed E-state index contributed by atoms with van der Waals surface area (Å²) >= 11 is 2.93. The van der Waals surface area contributed by atoms with Crippen molar-refractivity contribution in [3.8, 4) is 0 Å². The summed E-state index contributed by atoms with van der Waals surface area (Å²) in [5, 5.41) is 8.17. The van der Waals surface area contributed by atoms with Crippen LogP contribution >= 0.6 is 15.9 Å². The predicted molar refractivity (Wildman–Crippen MR) is 38.8 cm³/mol. The highest BCUT2D eigenvalue weighted by molar-refractivity contribution is 9.10. The number of amides is 1. The van der Waals surface area contributed by atoms with Crippen LogP contribution in [0.15, 0.2) is 0 Å². The van der Waals surface area contributed by atoms with Crippen LogP contribution in [-0.2, 0) is 9.59 Å². The molecule has 10 heavy (non-hydrogen) atoms. The Bertz CT molecular complexity index is 148. The minimum absolute atomic E-state index is 0.0428. The first-order valence-corrected chi connectivity index (χ1v) is 3.60. The van der Waals surface area contributed by atoms with Crippen molar-refractivity contribution in [2.24, 2.45) is 5.73 Å². The van der Waals surface area contributed by atoms with Crippen LogP contribution in [0.3, 0.4) is 0 Å². The van der Waals surface area contributed by atoms with Crippen molar-refractivity contribution in [1.82, 2.24) is 0 Å². The molecule has 0 spiro atoms. The van der Waals surface area contributed by atoms with E-state index in [0.29, 0.717) is 0 Å². The summed E-state index contributed by atoms with van der Waals surface area (Å²) in [6, 6.07) is 0. The second kappa shape index (κ2) is 4.27. The van der Waals surface area contributed by atoms with Gasteiger partial charge in [-0.1, -0.05) is 15.9 Å². The lowest BCUT2D eigenvalue weighted by atomic mass is 10.2. The molecule has 0 heterocycles. The standard InChI is InChI=1S/C5H8BrNO3/c6-3(5(7)10)1-2-4(8)9/h3H,1-2H2,(H2,7,10)(H,8,9). The SMILES string of the molecule is NC(=O)C(Br)CCC(=O)O. The van der Waals surface area contributed by atoms with Gasteiger partial charge in [0.25, 0.3) is 0 Å². The largest absolute Gasteiger partial charge is 0.481 e. The molecule has 0 aliphatic carbocycles. The van der Waals surface area contributed by atoms with E-state index in [4.69, 9.17) is 10.8 Å². The van der Waals surface area contributed by atoms with Gasteiger partial charge >= 0.3 is 5.97 Å². The quantitative estimate of drug-likeness (QED) is 0.645. The number of hydrogen-bond acceptors (Lipinski definition) is 2. The summed E-state index contributed by atoms with van der Waals surface area (Å²) in [5.41, 5.74) is 4.84. The van der Waals surface area contributed by atoms with Gasteiger partial charge in [-0.25, -0.2) is 0 Å². The van der Waals surface area contributed by atoms with Gasteiger partial charge in [0.2, 0.25) is 5.91 Å². The number of primary amides is 1. The molecule has 1 atom stereocenters. The molecule has 5 heteroatoms. The minimum Gasteiger partial charge on any atom is -0.481 e.